The van der Waals surface area contributed by atoms with Gasteiger partial charge in [-0.3, -0.25) is 4.79 Å². The zero-order chi connectivity index (χ0) is 18.1. The summed E-state index contributed by atoms with van der Waals surface area (Å²) >= 11 is 6.09. The molecule has 0 amide bonds. The number of rotatable bonds is 5. The van der Waals surface area contributed by atoms with E-state index in [1.54, 1.807) is 6.92 Å². The number of nitrogens with zero attached hydrogens (tertiary/aromatic N) is 2. The van der Waals surface area contributed by atoms with Crippen LogP contribution < -0.4 is 5.32 Å². The van der Waals surface area contributed by atoms with Gasteiger partial charge in [-0.05, 0) is 26.2 Å². The van der Waals surface area contributed by atoms with E-state index in [2.05, 4.69) is 15.3 Å². The molecule has 2 heterocycles. The molecule has 8 heteroatoms. The smallest absolute Gasteiger partial charge is 0.303 e. The molecule has 24 heavy (non-hydrogen) atoms. The van der Waals surface area contributed by atoms with Crippen molar-refractivity contribution in [3.63, 3.8) is 0 Å². The lowest BCUT2D eigenvalue weighted by Gasteiger charge is -2.25. The van der Waals surface area contributed by atoms with Crippen LogP contribution in [0.2, 0.25) is 5.15 Å². The third-order valence-corrected chi connectivity index (χ3v) is 3.47. The van der Waals surface area contributed by atoms with Gasteiger partial charge in [-0.15, -0.1) is 0 Å². The number of anilines is 1. The van der Waals surface area contributed by atoms with Crippen molar-refractivity contribution in [2.75, 3.05) is 11.9 Å². The molecule has 0 spiro atoms. The third kappa shape index (κ3) is 6.05. The maximum absolute atomic E-state index is 10.9. The van der Waals surface area contributed by atoms with Crippen molar-refractivity contribution in [3.05, 3.63) is 16.5 Å². The highest BCUT2D eigenvalue weighted by atomic mass is 35.5. The van der Waals surface area contributed by atoms with Gasteiger partial charge < -0.3 is 20.2 Å². The van der Waals surface area contributed by atoms with Crippen LogP contribution in [-0.2, 0) is 20.9 Å². The monoisotopic (exact) mass is 356 g/mol. The molecule has 7 nitrogen and oxygen atoms in total. The quantitative estimate of drug-likeness (QED) is 0.618. The van der Waals surface area contributed by atoms with E-state index in [4.69, 9.17) is 26.5 Å². The van der Waals surface area contributed by atoms with Gasteiger partial charge in [-0.1, -0.05) is 25.4 Å². The Bertz CT molecular complexity index is 575. The predicted octanol–water partition coefficient (Wildman–Crippen LogP) is 3.55. The van der Waals surface area contributed by atoms with E-state index in [-0.39, 0.29) is 23.7 Å². The molecular formula is C16H25ClN4O3. The van der Waals surface area contributed by atoms with Crippen LogP contribution in [0.1, 0.15) is 58.3 Å². The fourth-order valence-corrected chi connectivity index (χ4v) is 2.26. The van der Waals surface area contributed by atoms with Crippen LogP contribution in [0.4, 0.5) is 5.82 Å². The minimum atomic E-state index is -0.427. The van der Waals surface area contributed by atoms with Crippen molar-refractivity contribution in [2.24, 2.45) is 0 Å². The predicted molar refractivity (Wildman–Crippen MR) is 93.6 cm³/mol. The molecule has 1 aromatic heterocycles. The van der Waals surface area contributed by atoms with Crippen LogP contribution in [0.15, 0.2) is 0 Å². The van der Waals surface area contributed by atoms with E-state index in [0.717, 1.165) is 19.3 Å². The summed E-state index contributed by atoms with van der Waals surface area (Å²) in [5.41, 5.74) is 0.945. The van der Waals surface area contributed by atoms with Gasteiger partial charge in [-0.25, -0.2) is 9.97 Å². The topological polar surface area (TPSA) is 97.2 Å². The second-order valence-corrected chi connectivity index (χ2v) is 5.42. The number of aromatic nitrogens is 2. The normalized spacial score (nSPS) is 16.6. The maximum Gasteiger partial charge on any atom is 0.303 e. The summed E-state index contributed by atoms with van der Waals surface area (Å²) in [5, 5.41) is 11.1. The molecule has 0 bridgehead atoms. The number of hydrogen-bond acceptors (Lipinski definition) is 7. The number of carbonyl (C=O) groups excluding carboxylic acids is 1. The van der Waals surface area contributed by atoms with Gasteiger partial charge in [0.05, 0.1) is 5.71 Å². The highest BCUT2D eigenvalue weighted by Gasteiger charge is 2.20. The molecule has 1 atom stereocenters. The average molecular weight is 357 g/mol. The van der Waals surface area contributed by atoms with Gasteiger partial charge in [0.25, 0.3) is 0 Å². The first-order chi connectivity index (χ1) is 11.5. The van der Waals surface area contributed by atoms with Gasteiger partial charge in [0.15, 0.2) is 11.0 Å². The van der Waals surface area contributed by atoms with Crippen LogP contribution in [-0.4, -0.2) is 34.5 Å². The highest BCUT2D eigenvalue weighted by Crippen LogP contribution is 2.22. The lowest BCUT2D eigenvalue weighted by molar-refractivity contribution is -0.142. The minimum absolute atomic E-state index is 0.0678. The van der Waals surface area contributed by atoms with E-state index >= 15 is 0 Å². The Morgan fingerprint density at radius 1 is 1.38 bits per heavy atom. The van der Waals surface area contributed by atoms with Gasteiger partial charge in [0.2, 0.25) is 0 Å². The highest BCUT2D eigenvalue weighted by molar-refractivity contribution is 6.30. The van der Waals surface area contributed by atoms with E-state index in [1.165, 1.54) is 6.92 Å². The van der Waals surface area contributed by atoms with Crippen LogP contribution in [0.25, 0.3) is 0 Å². The van der Waals surface area contributed by atoms with E-state index in [0.29, 0.717) is 23.8 Å². The molecule has 134 valence electrons. The number of carbonyl (C=O) groups is 1. The summed E-state index contributed by atoms with van der Waals surface area (Å²) < 4.78 is 10.5. The van der Waals surface area contributed by atoms with Crippen molar-refractivity contribution in [3.8, 4) is 0 Å². The number of esters is 1. The Kier molecular flexibility index (Phi) is 8.63. The Balaban J connectivity index is 0.00000139. The summed E-state index contributed by atoms with van der Waals surface area (Å²) in [5.74, 6) is -0.0141. The number of hydrogen-bond donors (Lipinski definition) is 2. The van der Waals surface area contributed by atoms with Crippen molar-refractivity contribution < 1.29 is 14.3 Å². The lowest BCUT2D eigenvalue weighted by Crippen LogP contribution is -2.29. The number of nitrogens with one attached hydrogen (secondary N) is 2. The van der Waals surface area contributed by atoms with Crippen molar-refractivity contribution >= 4 is 29.1 Å². The Hall–Kier alpha value is -1.73. The largest absolute Gasteiger partial charge is 0.459 e. The molecule has 0 radical (unpaired) electrons. The summed E-state index contributed by atoms with van der Waals surface area (Å²) in [6.07, 6.45) is 2.83. The van der Waals surface area contributed by atoms with Gasteiger partial charge in [-0.2, -0.15) is 0 Å². The molecule has 1 fully saturated rings. The summed E-state index contributed by atoms with van der Waals surface area (Å²) in [6, 6.07) is 0. The fourth-order valence-electron chi connectivity index (χ4n) is 2.08. The summed E-state index contributed by atoms with van der Waals surface area (Å²) in [6.45, 7) is 7.55. The molecule has 1 aliphatic rings. The van der Waals surface area contributed by atoms with Gasteiger partial charge >= 0.3 is 5.97 Å². The molecule has 1 saturated heterocycles. The molecule has 0 aromatic carbocycles. The molecule has 1 aromatic rings. The second-order valence-electron chi connectivity index (χ2n) is 5.06. The van der Waals surface area contributed by atoms with Crippen molar-refractivity contribution in [1.29, 1.82) is 5.41 Å². The van der Waals surface area contributed by atoms with Crippen LogP contribution in [0.3, 0.4) is 0 Å². The number of ether oxygens (including phenoxy) is 2. The Morgan fingerprint density at radius 3 is 2.62 bits per heavy atom. The first-order valence-corrected chi connectivity index (χ1v) is 8.48. The molecule has 0 saturated carbocycles. The number of halogens is 1. The Morgan fingerprint density at radius 2 is 2.08 bits per heavy atom. The standard InChI is InChI=1S/C14H19ClN4O3.C2H6/c1-8(16)12-14(18-11-5-3-4-6-21-11)19-13(15)10(17-12)7-22-9(2)20;1-2/h11,16H,3-7H2,1-2H3,(H,18,19);1-2H3. The summed E-state index contributed by atoms with van der Waals surface area (Å²) in [7, 11) is 0. The van der Waals surface area contributed by atoms with E-state index in [9.17, 15) is 4.79 Å². The second kappa shape index (κ2) is 10.2. The lowest BCUT2D eigenvalue weighted by atomic mass is 10.2. The zero-order valence-corrected chi connectivity index (χ0v) is 15.4. The minimum Gasteiger partial charge on any atom is -0.459 e. The third-order valence-electron chi connectivity index (χ3n) is 3.16. The molecule has 2 rings (SSSR count). The first-order valence-electron chi connectivity index (χ1n) is 8.11. The molecule has 1 unspecified atom stereocenters. The van der Waals surface area contributed by atoms with E-state index in [1.807, 2.05) is 13.8 Å². The maximum atomic E-state index is 10.9. The van der Waals surface area contributed by atoms with Crippen LogP contribution >= 0.6 is 11.6 Å². The fraction of sp³-hybridized carbons (Fsp3) is 0.625. The van der Waals surface area contributed by atoms with E-state index < -0.39 is 5.97 Å². The molecule has 1 aliphatic heterocycles. The summed E-state index contributed by atoms with van der Waals surface area (Å²) in [4.78, 5) is 19.4. The molecule has 0 aliphatic carbocycles. The zero-order valence-electron chi connectivity index (χ0n) is 14.6. The first kappa shape index (κ1) is 20.3. The Labute approximate surface area is 147 Å². The average Bonchev–Trinajstić information content (AvgIpc) is 2.56. The molecule has 2 N–H and O–H groups in total. The van der Waals surface area contributed by atoms with Gasteiger partial charge in [0, 0.05) is 13.5 Å². The van der Waals surface area contributed by atoms with Crippen molar-refractivity contribution in [2.45, 2.75) is 59.8 Å². The SMILES string of the molecule is CC.CC(=N)c1nc(COC(C)=O)c(Cl)nc1NC1CCCCO1. The van der Waals surface area contributed by atoms with Gasteiger partial charge in [0.1, 0.15) is 24.2 Å². The molecular weight excluding hydrogens is 332 g/mol. The van der Waals surface area contributed by atoms with Crippen LogP contribution in [0, 0.1) is 5.41 Å². The van der Waals surface area contributed by atoms with Crippen LogP contribution in [0.5, 0.6) is 0 Å². The van der Waals surface area contributed by atoms with Crippen molar-refractivity contribution in [1.82, 2.24) is 9.97 Å².